The van der Waals surface area contributed by atoms with E-state index in [1.807, 2.05) is 0 Å². The third-order valence-corrected chi connectivity index (χ3v) is 2.64. The van der Waals surface area contributed by atoms with Gasteiger partial charge in [-0.25, -0.2) is 0 Å². The summed E-state index contributed by atoms with van der Waals surface area (Å²) in [6, 6.07) is -0.471. The molecule has 80 valence electrons. The predicted molar refractivity (Wildman–Crippen MR) is 54.5 cm³/mol. The van der Waals surface area contributed by atoms with Crippen LogP contribution in [0.2, 0.25) is 0 Å². The summed E-state index contributed by atoms with van der Waals surface area (Å²) in [6.45, 7) is -3.37. The molecule has 0 amide bonds. The lowest BCUT2D eigenvalue weighted by Crippen LogP contribution is -2.27. The lowest BCUT2D eigenvalue weighted by molar-refractivity contribution is -0.0132. The van der Waals surface area contributed by atoms with Gasteiger partial charge in [-0.1, -0.05) is 0 Å². The summed E-state index contributed by atoms with van der Waals surface area (Å²) in [7, 11) is 7.03. The third-order valence-electron chi connectivity index (χ3n) is 1.83. The molecule has 8 heteroatoms. The molecule has 0 spiro atoms. The Bertz CT molecular complexity index is 234. The van der Waals surface area contributed by atoms with Gasteiger partial charge in [0, 0.05) is 13.1 Å². The highest BCUT2D eigenvalue weighted by molar-refractivity contribution is 8.06. The Morgan fingerprint density at radius 2 is 2.29 bits per heavy atom. The second kappa shape index (κ2) is 5.03. The highest BCUT2D eigenvalue weighted by Gasteiger charge is 2.36. The van der Waals surface area contributed by atoms with Crippen molar-refractivity contribution in [1.82, 2.24) is 0 Å². The van der Waals surface area contributed by atoms with E-state index in [4.69, 9.17) is 31.6 Å². The van der Waals surface area contributed by atoms with E-state index in [0.29, 0.717) is 6.42 Å². The van der Waals surface area contributed by atoms with Crippen LogP contribution < -0.4 is 0 Å². The molecule has 0 aromatic rings. The zero-order valence-corrected chi connectivity index (χ0v) is 9.41. The third kappa shape index (κ3) is 3.94. The van der Waals surface area contributed by atoms with Gasteiger partial charge in [-0.2, -0.15) is 0 Å². The average Bonchev–Trinajstić information content (AvgIpc) is 2.28. The summed E-state index contributed by atoms with van der Waals surface area (Å²) >= 11 is 4.36. The van der Waals surface area contributed by atoms with Crippen molar-refractivity contribution in [3.8, 4) is 0 Å². The van der Waals surface area contributed by atoms with Crippen molar-refractivity contribution in [2.75, 3.05) is 13.7 Å². The fourth-order valence-electron chi connectivity index (χ4n) is 1.35. The molecular weight excluding hydrogens is 226 g/mol. The predicted octanol–water partition coefficient (Wildman–Crippen LogP) is -0.489. The standard InChI is InChI=1S/C6H12BO5PS/c1-10-3-5-4(2-6(7)11-5)12-13(8,9)14/h4-6H,2-3H2,1H3,(H2,8,9,14)/t4?,5-,6-/m1/s1. The summed E-state index contributed by atoms with van der Waals surface area (Å²) in [4.78, 5) is 17.9. The van der Waals surface area contributed by atoms with Gasteiger partial charge in [-0.15, -0.1) is 0 Å². The Morgan fingerprint density at radius 1 is 1.64 bits per heavy atom. The van der Waals surface area contributed by atoms with E-state index in [1.165, 1.54) is 7.11 Å². The van der Waals surface area contributed by atoms with Gasteiger partial charge in [0.25, 0.3) is 0 Å². The molecule has 0 aromatic heterocycles. The quantitative estimate of drug-likeness (QED) is 0.508. The van der Waals surface area contributed by atoms with Crippen LogP contribution in [0.25, 0.3) is 0 Å². The molecule has 0 bridgehead atoms. The Kier molecular flexibility index (Phi) is 4.52. The zero-order chi connectivity index (χ0) is 10.8. The van der Waals surface area contributed by atoms with Gasteiger partial charge >= 0.3 is 6.72 Å². The minimum Gasteiger partial charge on any atom is -0.382 e. The summed E-state index contributed by atoms with van der Waals surface area (Å²) < 4.78 is 15.0. The first-order valence-electron chi connectivity index (χ1n) is 4.06. The van der Waals surface area contributed by atoms with Crippen LogP contribution >= 0.6 is 6.72 Å². The van der Waals surface area contributed by atoms with Gasteiger partial charge in [-0.05, 0) is 18.2 Å². The molecule has 1 aliphatic heterocycles. The van der Waals surface area contributed by atoms with Crippen LogP contribution in [0, 0.1) is 0 Å². The monoisotopic (exact) mass is 238 g/mol. The second-order valence-corrected chi connectivity index (χ2v) is 5.66. The molecule has 0 aromatic carbocycles. The van der Waals surface area contributed by atoms with Crippen LogP contribution in [0.5, 0.6) is 0 Å². The Morgan fingerprint density at radius 3 is 2.79 bits per heavy atom. The van der Waals surface area contributed by atoms with E-state index in [0.717, 1.165) is 0 Å². The van der Waals surface area contributed by atoms with Gasteiger partial charge < -0.3 is 23.8 Å². The summed E-state index contributed by atoms with van der Waals surface area (Å²) in [6.07, 6.45) is -0.518. The molecule has 2 radical (unpaired) electrons. The number of hydrogen-bond donors (Lipinski definition) is 2. The van der Waals surface area contributed by atoms with Gasteiger partial charge in [0.2, 0.25) is 0 Å². The first-order valence-corrected chi connectivity index (χ1v) is 6.69. The van der Waals surface area contributed by atoms with Gasteiger partial charge in [0.05, 0.1) is 12.7 Å². The molecule has 1 fully saturated rings. The van der Waals surface area contributed by atoms with Crippen molar-refractivity contribution in [2.24, 2.45) is 0 Å². The molecule has 0 aliphatic carbocycles. The van der Waals surface area contributed by atoms with Gasteiger partial charge in [-0.3, -0.25) is 0 Å². The fourth-order valence-corrected chi connectivity index (χ4v) is 2.25. The molecule has 1 rings (SSSR count). The number of ether oxygens (including phenoxy) is 2. The van der Waals surface area contributed by atoms with Crippen molar-refractivity contribution < 1.29 is 23.8 Å². The van der Waals surface area contributed by atoms with E-state index in [2.05, 4.69) is 11.8 Å². The number of hydrogen-bond acceptors (Lipinski definition) is 4. The average molecular weight is 238 g/mol. The molecule has 1 aliphatic rings. The molecule has 3 atom stereocenters. The largest absolute Gasteiger partial charge is 0.382 e. The normalized spacial score (nSPS) is 33.5. The maximum Gasteiger partial charge on any atom is 0.322 e. The van der Waals surface area contributed by atoms with Crippen LogP contribution in [0.4, 0.5) is 0 Å². The van der Waals surface area contributed by atoms with E-state index in [-0.39, 0.29) is 6.61 Å². The van der Waals surface area contributed by atoms with Crippen LogP contribution in [0.15, 0.2) is 0 Å². The lowest BCUT2D eigenvalue weighted by atomic mass is 9.96. The molecule has 1 saturated heterocycles. The van der Waals surface area contributed by atoms with Crippen molar-refractivity contribution in [2.45, 2.75) is 24.6 Å². The molecular formula is C6H12BO5PS. The van der Waals surface area contributed by atoms with Crippen LogP contribution in [-0.4, -0.2) is 49.6 Å². The topological polar surface area (TPSA) is 68.2 Å². The minimum atomic E-state index is -3.66. The van der Waals surface area contributed by atoms with Gasteiger partial charge in [0.1, 0.15) is 14.0 Å². The van der Waals surface area contributed by atoms with Crippen LogP contribution in [0.1, 0.15) is 6.42 Å². The second-order valence-electron chi connectivity index (χ2n) is 3.04. The number of rotatable bonds is 4. The Labute approximate surface area is 89.0 Å². The molecule has 0 saturated carbocycles. The molecule has 5 nitrogen and oxygen atoms in total. The van der Waals surface area contributed by atoms with Crippen LogP contribution in [0.3, 0.4) is 0 Å². The highest BCUT2D eigenvalue weighted by atomic mass is 32.5. The number of methoxy groups -OCH3 is 1. The van der Waals surface area contributed by atoms with E-state index < -0.39 is 24.9 Å². The van der Waals surface area contributed by atoms with E-state index in [9.17, 15) is 0 Å². The van der Waals surface area contributed by atoms with E-state index >= 15 is 0 Å². The molecule has 1 heterocycles. The Hall–Kier alpha value is 0.515. The Balaban J connectivity index is 2.53. The summed E-state index contributed by atoms with van der Waals surface area (Å²) in [5, 5.41) is 0. The summed E-state index contributed by atoms with van der Waals surface area (Å²) in [5.41, 5.74) is 0. The van der Waals surface area contributed by atoms with Gasteiger partial charge in [0.15, 0.2) is 0 Å². The molecule has 14 heavy (non-hydrogen) atoms. The summed E-state index contributed by atoms with van der Waals surface area (Å²) in [5.74, 6) is 0. The molecule has 1 unspecified atom stereocenters. The van der Waals surface area contributed by atoms with E-state index in [1.54, 1.807) is 0 Å². The first kappa shape index (κ1) is 12.6. The maximum absolute atomic E-state index is 8.97. The SMILES string of the molecule is [B][C@H]1CC(OP(O)(O)=S)[C@@H](COC)O1. The zero-order valence-electron chi connectivity index (χ0n) is 7.70. The fraction of sp³-hybridized carbons (Fsp3) is 1.00. The van der Waals surface area contributed by atoms with Crippen molar-refractivity contribution >= 4 is 26.4 Å². The van der Waals surface area contributed by atoms with Crippen molar-refractivity contribution in [1.29, 1.82) is 0 Å². The smallest absolute Gasteiger partial charge is 0.322 e. The van der Waals surface area contributed by atoms with Crippen molar-refractivity contribution in [3.63, 3.8) is 0 Å². The molecule has 2 N–H and O–H groups in total. The van der Waals surface area contributed by atoms with Crippen molar-refractivity contribution in [3.05, 3.63) is 0 Å². The maximum atomic E-state index is 8.97. The highest BCUT2D eigenvalue weighted by Crippen LogP contribution is 2.41. The minimum absolute atomic E-state index is 0.285. The van der Waals surface area contributed by atoms with Crippen LogP contribution in [-0.2, 0) is 25.8 Å². The lowest BCUT2D eigenvalue weighted by Gasteiger charge is -2.20. The first-order chi connectivity index (χ1) is 6.42.